The zero-order valence-electron chi connectivity index (χ0n) is 27.1. The summed E-state index contributed by atoms with van der Waals surface area (Å²) in [7, 11) is 2.15. The van der Waals surface area contributed by atoms with Crippen LogP contribution in [0.15, 0.2) is 48.5 Å². The Morgan fingerprint density at radius 3 is 2.70 bits per heavy atom. The lowest BCUT2D eigenvalue weighted by Gasteiger charge is -2.18. The van der Waals surface area contributed by atoms with Crippen molar-refractivity contribution >= 4 is 29.5 Å². The number of nitrogens with zero attached hydrogens (tertiary/aromatic N) is 3. The molecule has 3 atom stereocenters. The van der Waals surface area contributed by atoms with Crippen LogP contribution >= 0.6 is 11.8 Å². The van der Waals surface area contributed by atoms with E-state index < -0.39 is 0 Å². The maximum atomic E-state index is 12.3. The average molecular weight is 642 g/mol. The molecule has 4 N–H and O–H groups in total. The Balaban J connectivity index is 0.893. The number of benzene rings is 2. The largest absolute Gasteiger partial charge is 0.369 e. The van der Waals surface area contributed by atoms with Gasteiger partial charge in [-0.15, -0.1) is 0 Å². The Morgan fingerprint density at radius 1 is 1.02 bits per heavy atom. The number of urea groups is 1. The van der Waals surface area contributed by atoms with Crippen molar-refractivity contribution in [3.05, 3.63) is 76.7 Å². The normalized spacial score (nSPS) is 19.4. The molecule has 0 unspecified atom stereocenters. The molecule has 46 heavy (non-hydrogen) atoms. The van der Waals surface area contributed by atoms with Crippen LogP contribution in [0.2, 0.25) is 0 Å². The number of aromatic nitrogens is 2. The lowest BCUT2D eigenvalue weighted by molar-refractivity contribution is -0.121. The minimum atomic E-state index is -0.0399. The van der Waals surface area contributed by atoms with Gasteiger partial charge in [-0.1, -0.05) is 60.5 Å². The maximum Gasteiger partial charge on any atom is 0.315 e. The van der Waals surface area contributed by atoms with Gasteiger partial charge in [0.05, 0.1) is 17.8 Å². The van der Waals surface area contributed by atoms with E-state index in [9.17, 15) is 9.59 Å². The van der Waals surface area contributed by atoms with Gasteiger partial charge in [-0.3, -0.25) is 4.79 Å². The second kappa shape index (κ2) is 15.3. The summed E-state index contributed by atoms with van der Waals surface area (Å²) >= 11 is 1.93. The third-order valence-electron chi connectivity index (χ3n) is 9.25. The molecule has 0 saturated carbocycles. The maximum absolute atomic E-state index is 12.3. The number of thioether (sulfide) groups is 1. The number of anilines is 1. The van der Waals surface area contributed by atoms with Crippen molar-refractivity contribution in [2.75, 3.05) is 44.3 Å². The Kier molecular flexibility index (Phi) is 10.8. The number of aryl methyl sites for hydroxylation is 1. The van der Waals surface area contributed by atoms with Gasteiger partial charge in [-0.25, -0.2) is 14.8 Å². The molecule has 2 aliphatic heterocycles. The molecule has 1 aromatic heterocycles. The molecule has 2 aromatic carbocycles. The van der Waals surface area contributed by atoms with Gasteiger partial charge in [0.25, 0.3) is 0 Å². The highest BCUT2D eigenvalue weighted by Crippen LogP contribution is 2.40. The zero-order chi connectivity index (χ0) is 31.9. The van der Waals surface area contributed by atoms with Crippen LogP contribution in [0, 0.1) is 6.92 Å². The van der Waals surface area contributed by atoms with Crippen molar-refractivity contribution in [3.63, 3.8) is 0 Å². The molecule has 244 valence electrons. The monoisotopic (exact) mass is 641 g/mol. The Hall–Kier alpha value is -3.63. The van der Waals surface area contributed by atoms with Gasteiger partial charge in [0.15, 0.2) is 0 Å². The molecular formula is C36H47N7O2S. The molecule has 0 spiro atoms. The second-order valence-corrected chi connectivity index (χ2v) is 14.2. The van der Waals surface area contributed by atoms with Crippen LogP contribution in [0.4, 0.5) is 10.6 Å². The first-order valence-corrected chi connectivity index (χ1v) is 17.9. The third kappa shape index (κ3) is 8.20. The van der Waals surface area contributed by atoms with E-state index in [4.69, 9.17) is 9.97 Å². The van der Waals surface area contributed by atoms with Crippen molar-refractivity contribution in [1.29, 1.82) is 0 Å². The van der Waals surface area contributed by atoms with Gasteiger partial charge in [0.2, 0.25) is 5.91 Å². The van der Waals surface area contributed by atoms with E-state index in [-0.39, 0.29) is 24.0 Å². The molecule has 3 amide bonds. The highest BCUT2D eigenvalue weighted by molar-refractivity contribution is 8.00. The fourth-order valence-electron chi connectivity index (χ4n) is 6.85. The highest BCUT2D eigenvalue weighted by atomic mass is 32.2. The van der Waals surface area contributed by atoms with Crippen LogP contribution in [-0.2, 0) is 17.6 Å². The predicted molar refractivity (Wildman–Crippen MR) is 186 cm³/mol. The lowest BCUT2D eigenvalue weighted by Crippen LogP contribution is -2.36. The quantitative estimate of drug-likeness (QED) is 0.102. The molecule has 3 aromatic rings. The Bertz CT molecular complexity index is 1520. The van der Waals surface area contributed by atoms with Gasteiger partial charge in [0, 0.05) is 48.9 Å². The van der Waals surface area contributed by atoms with E-state index in [1.807, 2.05) is 17.8 Å². The van der Waals surface area contributed by atoms with Crippen molar-refractivity contribution < 1.29 is 9.59 Å². The summed E-state index contributed by atoms with van der Waals surface area (Å²) in [6.07, 6.45) is 7.02. The summed E-state index contributed by atoms with van der Waals surface area (Å²) in [5.74, 6) is 2.92. The first-order chi connectivity index (χ1) is 22.4. The molecule has 10 heteroatoms. The van der Waals surface area contributed by atoms with E-state index in [2.05, 4.69) is 82.6 Å². The number of hydrogen-bond acceptors (Lipinski definition) is 7. The van der Waals surface area contributed by atoms with Crippen LogP contribution in [-0.4, -0.2) is 83.1 Å². The lowest BCUT2D eigenvalue weighted by atomic mass is 10.0. The summed E-state index contributed by atoms with van der Waals surface area (Å²) in [5, 5.41) is 13.2. The molecule has 0 bridgehead atoms. The van der Waals surface area contributed by atoms with E-state index in [1.54, 1.807) is 0 Å². The number of amides is 3. The van der Waals surface area contributed by atoms with Crippen LogP contribution < -0.4 is 21.3 Å². The number of rotatable bonds is 16. The number of hydrogen-bond donors (Lipinski definition) is 4. The van der Waals surface area contributed by atoms with Gasteiger partial charge in [-0.05, 0) is 69.4 Å². The number of unbranched alkanes of at least 4 members (excludes halogenated alkanes) is 1. The van der Waals surface area contributed by atoms with E-state index in [0.717, 1.165) is 93.2 Å². The summed E-state index contributed by atoms with van der Waals surface area (Å²) in [4.78, 5) is 36.3. The van der Waals surface area contributed by atoms with Gasteiger partial charge in [-0.2, -0.15) is 11.8 Å². The molecule has 0 radical (unpaired) electrons. The molecule has 6 rings (SSSR count). The van der Waals surface area contributed by atoms with E-state index in [1.165, 1.54) is 22.3 Å². The van der Waals surface area contributed by atoms with Crippen LogP contribution in [0.5, 0.6) is 0 Å². The molecule has 2 saturated heterocycles. The smallest absolute Gasteiger partial charge is 0.315 e. The fraction of sp³-hybridized carbons (Fsp3) is 0.500. The van der Waals surface area contributed by atoms with Crippen molar-refractivity contribution in [1.82, 2.24) is 30.8 Å². The molecule has 3 aliphatic rings. The van der Waals surface area contributed by atoms with Crippen LogP contribution in [0.1, 0.15) is 66.7 Å². The Morgan fingerprint density at radius 2 is 1.85 bits per heavy atom. The summed E-state index contributed by atoms with van der Waals surface area (Å²) in [6, 6.07) is 17.6. The molecule has 3 heterocycles. The van der Waals surface area contributed by atoms with E-state index >= 15 is 0 Å². The molecule has 2 fully saturated rings. The third-order valence-corrected chi connectivity index (χ3v) is 10.8. The predicted octanol–water partition coefficient (Wildman–Crippen LogP) is 4.91. The van der Waals surface area contributed by atoms with E-state index in [0.29, 0.717) is 18.2 Å². The summed E-state index contributed by atoms with van der Waals surface area (Å²) in [5.41, 5.74) is 7.33. The molecule has 9 nitrogen and oxygen atoms in total. The van der Waals surface area contributed by atoms with Crippen LogP contribution in [0.25, 0.3) is 11.1 Å². The number of carbonyl (C=O) groups is 2. The molecule has 1 aliphatic carbocycles. The minimum Gasteiger partial charge on any atom is -0.369 e. The highest BCUT2D eigenvalue weighted by Gasteiger charge is 2.42. The van der Waals surface area contributed by atoms with Crippen molar-refractivity contribution in [2.24, 2.45) is 0 Å². The SMILES string of the molecule is Cc1ccc2c(c1)Cc1nc(Cc3ccccc3)nc(NCCCN(C)CCCNC(=O)CCCC[C@@H]3SC[C@@H]4NC(=O)N[C@@H]43)c1-2. The fourth-order valence-corrected chi connectivity index (χ4v) is 8.40. The number of carbonyl (C=O) groups excluding carboxylic acids is 2. The number of fused-ring (bicyclic) bond motifs is 4. The number of nitrogens with one attached hydrogen (secondary N) is 4. The van der Waals surface area contributed by atoms with Crippen molar-refractivity contribution in [2.45, 2.75) is 75.6 Å². The topological polar surface area (TPSA) is 111 Å². The zero-order valence-corrected chi connectivity index (χ0v) is 27.9. The summed E-state index contributed by atoms with van der Waals surface area (Å²) in [6.45, 7) is 5.59. The first kappa shape index (κ1) is 32.3. The standard InChI is InChI=1S/C36H47N7O2S/c1-24-14-15-27-26(20-24)22-28-33(27)35(41-31(39-28)21-25-10-4-3-5-11-25)38-17-9-19-43(2)18-8-16-37-32(44)13-7-6-12-30-34-29(23-46-30)40-36(45)42-34/h3-5,10-11,14-15,20,29-30,34H,6-9,12-13,16-19,21-23H2,1-2H3,(H,37,44)(H,38,39,41)(H2,40,42,45)/t29-,30-,34-/m0/s1. The van der Waals surface area contributed by atoms with Gasteiger partial charge < -0.3 is 26.2 Å². The van der Waals surface area contributed by atoms with Gasteiger partial charge >= 0.3 is 6.03 Å². The second-order valence-electron chi connectivity index (χ2n) is 13.0. The average Bonchev–Trinajstić information content (AvgIpc) is 3.71. The van der Waals surface area contributed by atoms with Crippen molar-refractivity contribution in [3.8, 4) is 11.1 Å². The van der Waals surface area contributed by atoms with Gasteiger partial charge in [0.1, 0.15) is 11.6 Å². The minimum absolute atomic E-state index is 0.0399. The first-order valence-electron chi connectivity index (χ1n) is 16.8. The summed E-state index contributed by atoms with van der Waals surface area (Å²) < 4.78 is 0. The van der Waals surface area contributed by atoms with Crippen LogP contribution in [0.3, 0.4) is 0 Å². The molecular weight excluding hydrogens is 595 g/mol. The Labute approximate surface area is 277 Å².